The molecule has 0 saturated heterocycles. The minimum Gasteiger partial charge on any atom is -0.481 e. The summed E-state index contributed by atoms with van der Waals surface area (Å²) in [5.41, 5.74) is 1.60. The van der Waals surface area contributed by atoms with Crippen molar-refractivity contribution in [3.63, 3.8) is 0 Å². The van der Waals surface area contributed by atoms with Crippen LogP contribution in [0.15, 0.2) is 16.6 Å². The first kappa shape index (κ1) is 9.33. The normalized spacial score (nSPS) is 30.9. The molecular formula is C11H8BrFO2. The average Bonchev–Trinajstić information content (AvgIpc) is 2.74. The molecule has 0 aliphatic heterocycles. The Bertz CT molecular complexity index is 472. The van der Waals surface area contributed by atoms with Crippen LogP contribution >= 0.6 is 15.9 Å². The van der Waals surface area contributed by atoms with Crippen molar-refractivity contribution >= 4 is 21.9 Å². The summed E-state index contributed by atoms with van der Waals surface area (Å²) in [6, 6.07) is 3.30. The zero-order valence-electron chi connectivity index (χ0n) is 7.71. The number of benzene rings is 1. The van der Waals surface area contributed by atoms with Crippen LogP contribution in [0.25, 0.3) is 0 Å². The largest absolute Gasteiger partial charge is 0.481 e. The molecule has 2 nitrogen and oxygen atoms in total. The number of hydrogen-bond donors (Lipinski definition) is 1. The van der Waals surface area contributed by atoms with Crippen LogP contribution in [-0.2, 0) is 11.2 Å². The van der Waals surface area contributed by atoms with E-state index in [-0.39, 0.29) is 23.6 Å². The van der Waals surface area contributed by atoms with Crippen LogP contribution in [0.4, 0.5) is 4.39 Å². The molecule has 2 aliphatic rings. The van der Waals surface area contributed by atoms with Crippen LogP contribution in [0.2, 0.25) is 0 Å². The maximum absolute atomic E-state index is 13.5. The molecule has 1 fully saturated rings. The molecule has 1 saturated carbocycles. The Labute approximate surface area is 94.2 Å². The number of fused-ring (bicyclic) bond motifs is 3. The number of hydrogen-bond acceptors (Lipinski definition) is 1. The van der Waals surface area contributed by atoms with Gasteiger partial charge < -0.3 is 5.11 Å². The van der Waals surface area contributed by atoms with Gasteiger partial charge in [0, 0.05) is 10.4 Å². The third kappa shape index (κ3) is 1.17. The number of rotatable bonds is 1. The maximum atomic E-state index is 13.5. The molecule has 78 valence electrons. The van der Waals surface area contributed by atoms with Gasteiger partial charge in [0.2, 0.25) is 0 Å². The number of aliphatic carboxylic acids is 1. The van der Waals surface area contributed by atoms with Gasteiger partial charge in [-0.1, -0.05) is 15.9 Å². The quantitative estimate of drug-likeness (QED) is 0.852. The molecular weight excluding hydrogens is 263 g/mol. The van der Waals surface area contributed by atoms with Gasteiger partial charge in [-0.25, -0.2) is 4.39 Å². The summed E-state index contributed by atoms with van der Waals surface area (Å²) in [5.74, 6) is -1.08. The Morgan fingerprint density at radius 3 is 2.93 bits per heavy atom. The minimum atomic E-state index is -0.754. The average molecular weight is 271 g/mol. The van der Waals surface area contributed by atoms with Crippen LogP contribution in [0, 0.1) is 17.7 Å². The minimum absolute atomic E-state index is 0.0458. The van der Waals surface area contributed by atoms with E-state index in [9.17, 15) is 9.18 Å². The van der Waals surface area contributed by atoms with E-state index in [4.69, 9.17) is 5.11 Å². The van der Waals surface area contributed by atoms with Crippen LogP contribution in [-0.4, -0.2) is 11.1 Å². The SMILES string of the molecule is O=C(O)[C@@H]1[C@H]2Cc3c(F)cc(Br)cc3[C@@H]21. The van der Waals surface area contributed by atoms with E-state index in [2.05, 4.69) is 15.9 Å². The van der Waals surface area contributed by atoms with Crippen molar-refractivity contribution in [2.45, 2.75) is 12.3 Å². The molecule has 4 heteroatoms. The summed E-state index contributed by atoms with van der Waals surface area (Å²) in [7, 11) is 0. The molecule has 1 N–H and O–H groups in total. The molecule has 0 spiro atoms. The standard InChI is InChI=1S/C11H8BrFO2/c12-4-1-6-5(8(13)2-4)3-7-9(6)10(7)11(14)15/h1-2,7,9-10H,3H2,(H,14,15)/t7-,9-,10+/m0/s1. The highest BCUT2D eigenvalue weighted by Crippen LogP contribution is 2.62. The van der Waals surface area contributed by atoms with Gasteiger partial charge in [-0.05, 0) is 35.6 Å². The van der Waals surface area contributed by atoms with Crippen molar-refractivity contribution in [3.8, 4) is 0 Å². The highest BCUT2D eigenvalue weighted by Gasteiger charge is 2.60. The van der Waals surface area contributed by atoms with E-state index in [1.165, 1.54) is 6.07 Å². The van der Waals surface area contributed by atoms with Crippen molar-refractivity contribution in [2.24, 2.45) is 11.8 Å². The Balaban J connectivity index is 2.05. The second-order valence-electron chi connectivity index (χ2n) is 4.21. The number of carboxylic acid groups (broad SMARTS) is 1. The molecule has 0 aromatic heterocycles. The first-order valence-electron chi connectivity index (χ1n) is 4.80. The molecule has 3 atom stereocenters. The van der Waals surface area contributed by atoms with E-state index < -0.39 is 5.97 Å². The van der Waals surface area contributed by atoms with E-state index in [1.54, 1.807) is 0 Å². The summed E-state index contributed by atoms with van der Waals surface area (Å²) >= 11 is 3.23. The summed E-state index contributed by atoms with van der Waals surface area (Å²) in [5, 5.41) is 8.92. The third-order valence-corrected chi connectivity index (χ3v) is 3.91. The predicted molar refractivity (Wildman–Crippen MR) is 55.2 cm³/mol. The molecule has 15 heavy (non-hydrogen) atoms. The summed E-state index contributed by atoms with van der Waals surface area (Å²) in [4.78, 5) is 10.8. The number of halogens is 2. The van der Waals surface area contributed by atoms with Gasteiger partial charge in [-0.15, -0.1) is 0 Å². The molecule has 2 aliphatic carbocycles. The molecule has 1 aromatic rings. The number of carboxylic acids is 1. The lowest BCUT2D eigenvalue weighted by atomic mass is 10.0. The second kappa shape index (κ2) is 2.82. The lowest BCUT2D eigenvalue weighted by Crippen LogP contribution is -2.06. The van der Waals surface area contributed by atoms with Gasteiger partial charge in [0.1, 0.15) is 5.82 Å². The van der Waals surface area contributed by atoms with Gasteiger partial charge in [0.05, 0.1) is 5.92 Å². The monoisotopic (exact) mass is 270 g/mol. The molecule has 0 heterocycles. The van der Waals surface area contributed by atoms with Gasteiger partial charge in [-0.3, -0.25) is 4.79 Å². The Hall–Kier alpha value is -0.900. The molecule has 0 amide bonds. The number of carbonyl (C=O) groups is 1. The van der Waals surface area contributed by atoms with Gasteiger partial charge in [0.25, 0.3) is 0 Å². The summed E-state index contributed by atoms with van der Waals surface area (Å²) in [6.45, 7) is 0. The van der Waals surface area contributed by atoms with Crippen LogP contribution < -0.4 is 0 Å². The van der Waals surface area contributed by atoms with Crippen molar-refractivity contribution in [1.82, 2.24) is 0 Å². The van der Waals surface area contributed by atoms with Crippen LogP contribution in [0.3, 0.4) is 0 Å². The Morgan fingerprint density at radius 2 is 2.27 bits per heavy atom. The van der Waals surface area contributed by atoms with Crippen LogP contribution in [0.5, 0.6) is 0 Å². The Kier molecular flexibility index (Phi) is 1.75. The molecule has 0 radical (unpaired) electrons. The van der Waals surface area contributed by atoms with Gasteiger partial charge >= 0.3 is 5.97 Å². The van der Waals surface area contributed by atoms with Gasteiger partial charge in [-0.2, -0.15) is 0 Å². The van der Waals surface area contributed by atoms with E-state index >= 15 is 0 Å². The van der Waals surface area contributed by atoms with E-state index in [1.807, 2.05) is 6.07 Å². The van der Waals surface area contributed by atoms with Crippen molar-refractivity contribution < 1.29 is 14.3 Å². The lowest BCUT2D eigenvalue weighted by Gasteiger charge is -2.07. The Morgan fingerprint density at radius 1 is 1.53 bits per heavy atom. The zero-order chi connectivity index (χ0) is 10.7. The van der Waals surface area contributed by atoms with E-state index in [0.29, 0.717) is 16.5 Å². The zero-order valence-corrected chi connectivity index (χ0v) is 9.29. The first-order valence-corrected chi connectivity index (χ1v) is 5.59. The fraction of sp³-hybridized carbons (Fsp3) is 0.364. The van der Waals surface area contributed by atoms with Crippen molar-refractivity contribution in [3.05, 3.63) is 33.5 Å². The smallest absolute Gasteiger partial charge is 0.307 e. The highest BCUT2D eigenvalue weighted by atomic mass is 79.9. The highest BCUT2D eigenvalue weighted by molar-refractivity contribution is 9.10. The van der Waals surface area contributed by atoms with Crippen LogP contribution in [0.1, 0.15) is 17.0 Å². The van der Waals surface area contributed by atoms with Gasteiger partial charge in [0.15, 0.2) is 0 Å². The summed E-state index contributed by atoms with van der Waals surface area (Å²) in [6.07, 6.45) is 0.579. The summed E-state index contributed by atoms with van der Waals surface area (Å²) < 4.78 is 14.2. The molecule has 3 rings (SSSR count). The van der Waals surface area contributed by atoms with Crippen molar-refractivity contribution in [1.29, 1.82) is 0 Å². The fourth-order valence-corrected chi connectivity index (χ4v) is 3.21. The second-order valence-corrected chi connectivity index (χ2v) is 5.13. The van der Waals surface area contributed by atoms with Crippen molar-refractivity contribution in [2.75, 3.05) is 0 Å². The topological polar surface area (TPSA) is 37.3 Å². The van der Waals surface area contributed by atoms with E-state index in [0.717, 1.165) is 5.56 Å². The lowest BCUT2D eigenvalue weighted by molar-refractivity contribution is -0.139. The fourth-order valence-electron chi connectivity index (χ4n) is 2.76. The molecule has 0 unspecified atom stereocenters. The first-order chi connectivity index (χ1) is 7.09. The maximum Gasteiger partial charge on any atom is 0.307 e. The predicted octanol–water partition coefficient (Wildman–Crippen LogP) is 2.56. The molecule has 1 aromatic carbocycles. The molecule has 0 bridgehead atoms. The third-order valence-electron chi connectivity index (χ3n) is 3.45.